The highest BCUT2D eigenvalue weighted by atomic mass is 19.4. The molecule has 0 N–H and O–H groups in total. The Morgan fingerprint density at radius 2 is 2.08 bits per heavy atom. The number of alkyl halides is 3. The van der Waals surface area contributed by atoms with Gasteiger partial charge in [0.05, 0.1) is 0 Å². The molecule has 0 fully saturated rings. The van der Waals surface area contributed by atoms with Crippen molar-refractivity contribution in [2.45, 2.75) is 19.5 Å². The van der Waals surface area contributed by atoms with Gasteiger partial charge < -0.3 is 0 Å². The fourth-order valence-corrected chi connectivity index (χ4v) is 0.985. The number of halogens is 3. The number of hydrogen-bond acceptors (Lipinski definition) is 0. The van der Waals surface area contributed by atoms with Crippen LogP contribution < -0.4 is 0 Å². The molecular formula is C10H9F3. The van der Waals surface area contributed by atoms with Gasteiger partial charge in [-0.15, -0.1) is 5.73 Å². The van der Waals surface area contributed by atoms with Crippen molar-refractivity contribution >= 4 is 0 Å². The van der Waals surface area contributed by atoms with Crippen LogP contribution in [0.5, 0.6) is 0 Å². The Labute approximate surface area is 74.8 Å². The molecule has 0 atom stereocenters. The minimum atomic E-state index is -4.26. The Balaban J connectivity index is 3.03. The van der Waals surface area contributed by atoms with Crippen molar-refractivity contribution in [2.24, 2.45) is 0 Å². The lowest BCUT2D eigenvalue weighted by molar-refractivity contribution is -0.0930. The molecule has 0 radical (unpaired) electrons. The summed E-state index contributed by atoms with van der Waals surface area (Å²) < 4.78 is 36.8. The van der Waals surface area contributed by atoms with E-state index in [9.17, 15) is 13.2 Å². The first-order chi connectivity index (χ1) is 5.91. The molecular weight excluding hydrogens is 177 g/mol. The third-order valence-electron chi connectivity index (χ3n) is 1.88. The average molecular weight is 186 g/mol. The number of hydrogen-bond donors (Lipinski definition) is 0. The van der Waals surface area contributed by atoms with Crippen molar-refractivity contribution in [3.63, 3.8) is 0 Å². The molecule has 0 nitrogen and oxygen atoms in total. The predicted octanol–water partition coefficient (Wildman–Crippen LogP) is 3.54. The van der Waals surface area contributed by atoms with Crippen LogP contribution >= 0.6 is 0 Å². The summed E-state index contributed by atoms with van der Waals surface area (Å²) in [5.41, 5.74) is 3.29. The van der Waals surface area contributed by atoms with Crippen LogP contribution in [0.3, 0.4) is 0 Å². The standard InChI is InChI=1S/C10H9F3/c1-7-4-3-5-9(6-8(7)2)10(11,12)13/h3,5H,2,6H2,1H3. The van der Waals surface area contributed by atoms with Crippen molar-refractivity contribution < 1.29 is 13.2 Å². The van der Waals surface area contributed by atoms with Crippen molar-refractivity contribution in [1.82, 2.24) is 0 Å². The Kier molecular flexibility index (Phi) is 2.48. The first-order valence-electron chi connectivity index (χ1n) is 3.79. The lowest BCUT2D eigenvalue weighted by atomic mass is 10.0. The molecule has 0 saturated heterocycles. The van der Waals surface area contributed by atoms with Crippen LogP contribution in [0, 0.1) is 0 Å². The molecule has 0 aliphatic heterocycles. The predicted molar refractivity (Wildman–Crippen MR) is 45.2 cm³/mol. The summed E-state index contributed by atoms with van der Waals surface area (Å²) in [6.45, 7) is 5.26. The van der Waals surface area contributed by atoms with Gasteiger partial charge in [0.2, 0.25) is 0 Å². The van der Waals surface area contributed by atoms with E-state index < -0.39 is 11.7 Å². The lowest BCUT2D eigenvalue weighted by Crippen LogP contribution is -2.12. The van der Waals surface area contributed by atoms with Gasteiger partial charge in [0.15, 0.2) is 0 Å². The summed E-state index contributed by atoms with van der Waals surface area (Å²) in [4.78, 5) is 0. The van der Waals surface area contributed by atoms with Gasteiger partial charge in [0, 0.05) is 12.0 Å². The van der Waals surface area contributed by atoms with Gasteiger partial charge in [-0.2, -0.15) is 13.2 Å². The number of allylic oxidation sites excluding steroid dienone is 4. The average Bonchev–Trinajstić information content (AvgIpc) is 2.13. The molecule has 3 heteroatoms. The highest BCUT2D eigenvalue weighted by Crippen LogP contribution is 2.32. The molecule has 0 heterocycles. The molecule has 0 spiro atoms. The Bertz CT molecular complexity index is 323. The molecule has 1 aliphatic carbocycles. The Hall–Kier alpha value is -1.21. The van der Waals surface area contributed by atoms with Gasteiger partial charge in [0.1, 0.15) is 0 Å². The lowest BCUT2D eigenvalue weighted by Gasteiger charge is -2.11. The van der Waals surface area contributed by atoms with Crippen molar-refractivity contribution in [1.29, 1.82) is 0 Å². The zero-order chi connectivity index (χ0) is 10.1. The highest BCUT2D eigenvalue weighted by molar-refractivity contribution is 5.36. The van der Waals surface area contributed by atoms with Crippen LogP contribution in [-0.4, -0.2) is 6.18 Å². The van der Waals surface area contributed by atoms with Gasteiger partial charge in [-0.3, -0.25) is 0 Å². The van der Waals surface area contributed by atoms with Crippen LogP contribution in [0.4, 0.5) is 13.2 Å². The molecule has 13 heavy (non-hydrogen) atoms. The van der Waals surface area contributed by atoms with Crippen LogP contribution in [0.25, 0.3) is 0 Å². The zero-order valence-electron chi connectivity index (χ0n) is 7.20. The molecule has 0 bridgehead atoms. The molecule has 0 aromatic heterocycles. The van der Waals surface area contributed by atoms with Gasteiger partial charge in [0.25, 0.3) is 0 Å². The van der Waals surface area contributed by atoms with Crippen LogP contribution in [0.15, 0.2) is 41.2 Å². The molecule has 0 aromatic rings. The van der Waals surface area contributed by atoms with E-state index in [1.165, 1.54) is 6.08 Å². The largest absolute Gasteiger partial charge is 0.413 e. The Morgan fingerprint density at radius 1 is 1.46 bits per heavy atom. The number of rotatable bonds is 0. The second kappa shape index (κ2) is 3.27. The molecule has 0 saturated carbocycles. The summed E-state index contributed by atoms with van der Waals surface area (Å²) in [6, 6.07) is 0. The first kappa shape index (κ1) is 9.87. The van der Waals surface area contributed by atoms with E-state index in [0.29, 0.717) is 11.1 Å². The molecule has 1 aliphatic rings. The maximum atomic E-state index is 12.3. The maximum Gasteiger partial charge on any atom is 0.413 e. The second-order valence-electron chi connectivity index (χ2n) is 2.91. The zero-order valence-corrected chi connectivity index (χ0v) is 7.20. The summed E-state index contributed by atoms with van der Waals surface area (Å²) in [7, 11) is 0. The van der Waals surface area contributed by atoms with Gasteiger partial charge in [-0.05, 0) is 30.2 Å². The fraction of sp³-hybridized carbons (Fsp3) is 0.300. The molecule has 0 unspecified atom stereocenters. The minimum absolute atomic E-state index is 0.140. The summed E-state index contributed by atoms with van der Waals surface area (Å²) >= 11 is 0. The normalized spacial score (nSPS) is 18.0. The van der Waals surface area contributed by atoms with E-state index in [-0.39, 0.29) is 6.42 Å². The molecule has 1 rings (SSSR count). The monoisotopic (exact) mass is 186 g/mol. The fourth-order valence-electron chi connectivity index (χ4n) is 0.985. The third-order valence-corrected chi connectivity index (χ3v) is 1.88. The van der Waals surface area contributed by atoms with Gasteiger partial charge in [-0.25, -0.2) is 0 Å². The van der Waals surface area contributed by atoms with Crippen LogP contribution in [0.2, 0.25) is 0 Å². The minimum Gasteiger partial charge on any atom is -0.166 e. The van der Waals surface area contributed by atoms with Crippen molar-refractivity contribution in [3.8, 4) is 0 Å². The van der Waals surface area contributed by atoms with E-state index in [1.54, 1.807) is 6.92 Å². The molecule has 0 amide bonds. The maximum absolute atomic E-state index is 12.3. The SMILES string of the molecule is C=C1CC(C(F)(F)F)=CC=C=C1C. The smallest absolute Gasteiger partial charge is 0.166 e. The van der Waals surface area contributed by atoms with Crippen LogP contribution in [0.1, 0.15) is 13.3 Å². The summed E-state index contributed by atoms with van der Waals surface area (Å²) in [5, 5.41) is 0. The molecule has 0 aromatic carbocycles. The van der Waals surface area contributed by atoms with Crippen molar-refractivity contribution in [3.05, 3.63) is 41.2 Å². The van der Waals surface area contributed by atoms with Gasteiger partial charge in [-0.1, -0.05) is 6.58 Å². The van der Waals surface area contributed by atoms with E-state index in [4.69, 9.17) is 0 Å². The van der Waals surface area contributed by atoms with E-state index >= 15 is 0 Å². The van der Waals surface area contributed by atoms with E-state index in [1.807, 2.05) is 0 Å². The van der Waals surface area contributed by atoms with E-state index in [2.05, 4.69) is 12.3 Å². The quantitative estimate of drug-likeness (QED) is 0.507. The van der Waals surface area contributed by atoms with Crippen molar-refractivity contribution in [2.75, 3.05) is 0 Å². The topological polar surface area (TPSA) is 0 Å². The second-order valence-corrected chi connectivity index (χ2v) is 2.91. The van der Waals surface area contributed by atoms with Crippen LogP contribution in [-0.2, 0) is 0 Å². The van der Waals surface area contributed by atoms with Gasteiger partial charge >= 0.3 is 6.18 Å². The summed E-state index contributed by atoms with van der Waals surface area (Å²) in [6.07, 6.45) is -2.07. The summed E-state index contributed by atoms with van der Waals surface area (Å²) in [5.74, 6) is 0. The first-order valence-corrected chi connectivity index (χ1v) is 3.79. The van der Waals surface area contributed by atoms with E-state index in [0.717, 1.165) is 6.08 Å². The third kappa shape index (κ3) is 2.36. The molecule has 70 valence electrons. The highest BCUT2D eigenvalue weighted by Gasteiger charge is 2.33. The Morgan fingerprint density at radius 3 is 2.62 bits per heavy atom.